The molecule has 0 saturated carbocycles. The van der Waals surface area contributed by atoms with Crippen molar-refractivity contribution in [3.8, 4) is 45.3 Å². The number of rotatable bonds is 5. The molecule has 50 heavy (non-hydrogen) atoms. The molecule has 0 heterocycles. The summed E-state index contributed by atoms with van der Waals surface area (Å²) in [5.74, 6) is -0.331. The average molecular weight is 663 g/mol. The highest BCUT2D eigenvalue weighted by Gasteiger charge is 2.23. The van der Waals surface area contributed by atoms with Crippen LogP contribution in [0.5, 0.6) is 23.0 Å². The second-order valence-electron chi connectivity index (χ2n) is 13.3. The first kappa shape index (κ1) is 32.5. The van der Waals surface area contributed by atoms with Crippen molar-refractivity contribution in [2.45, 2.75) is 39.5 Å². The van der Waals surface area contributed by atoms with Crippen molar-refractivity contribution in [3.05, 3.63) is 165 Å². The normalized spacial score (nSPS) is 12.4. The van der Waals surface area contributed by atoms with Crippen LogP contribution in [0.25, 0.3) is 22.3 Å². The number of hydrogen-bond acceptors (Lipinski definition) is 5. The summed E-state index contributed by atoms with van der Waals surface area (Å²) in [6.07, 6.45) is 1.05. The van der Waals surface area contributed by atoms with Gasteiger partial charge >= 0.3 is 5.97 Å². The van der Waals surface area contributed by atoms with Crippen molar-refractivity contribution in [1.29, 1.82) is 0 Å². The van der Waals surface area contributed by atoms with Gasteiger partial charge < -0.3 is 25.2 Å². The Morgan fingerprint density at radius 2 is 0.820 bits per heavy atom. The van der Waals surface area contributed by atoms with Crippen LogP contribution in [0.1, 0.15) is 55.6 Å². The zero-order valence-corrected chi connectivity index (χ0v) is 28.0. The Morgan fingerprint density at radius 1 is 0.500 bits per heavy atom. The van der Waals surface area contributed by atoms with Crippen molar-refractivity contribution >= 4 is 5.97 Å². The number of carboxylic acids is 1. The fraction of sp³-hybridized carbons (Fsp3) is 0.159. The summed E-state index contributed by atoms with van der Waals surface area (Å²) in [4.78, 5) is 11.8. The van der Waals surface area contributed by atoms with Gasteiger partial charge in [-0.3, -0.25) is 0 Å². The smallest absolute Gasteiger partial charge is 0.341 e. The summed E-state index contributed by atoms with van der Waals surface area (Å²) in [7, 11) is 0. The van der Waals surface area contributed by atoms with Crippen LogP contribution in [-0.2, 0) is 30.5 Å². The number of ether oxygens (including phenoxy) is 1. The Hall–Kier alpha value is -6.01. The zero-order valence-electron chi connectivity index (χ0n) is 28.0. The highest BCUT2D eigenvalue weighted by atomic mass is 16.5. The Kier molecular flexibility index (Phi) is 8.77. The minimum Gasteiger partial charge on any atom is -0.507 e. The van der Waals surface area contributed by atoms with E-state index in [2.05, 4.69) is 0 Å². The molecule has 0 radical (unpaired) electrons. The van der Waals surface area contributed by atoms with E-state index in [-0.39, 0.29) is 42.9 Å². The molecular weight excluding hydrogens is 624 g/mol. The van der Waals surface area contributed by atoms with Crippen LogP contribution in [0, 0.1) is 13.8 Å². The maximum atomic E-state index is 11.8. The first-order chi connectivity index (χ1) is 24.1. The fourth-order valence-corrected chi connectivity index (χ4v) is 7.19. The highest BCUT2D eigenvalue weighted by Crippen LogP contribution is 2.41. The Bertz CT molecular complexity index is 2130. The first-order valence-corrected chi connectivity index (χ1v) is 16.7. The lowest BCUT2D eigenvalue weighted by Crippen LogP contribution is -2.13. The van der Waals surface area contributed by atoms with Crippen molar-refractivity contribution in [1.82, 2.24) is 0 Å². The predicted octanol–water partition coefficient (Wildman–Crippen LogP) is 8.89. The molecule has 6 aromatic carbocycles. The maximum Gasteiger partial charge on any atom is 0.341 e. The van der Waals surface area contributed by atoms with Gasteiger partial charge in [0, 0.05) is 25.7 Å². The topological polar surface area (TPSA) is 107 Å². The van der Waals surface area contributed by atoms with E-state index in [0.717, 1.165) is 33.4 Å². The lowest BCUT2D eigenvalue weighted by molar-refractivity contribution is -0.139. The van der Waals surface area contributed by atoms with Crippen LogP contribution in [0.15, 0.2) is 109 Å². The van der Waals surface area contributed by atoms with Crippen molar-refractivity contribution in [3.63, 3.8) is 0 Å². The number of hydrogen-bond donors (Lipinski definition) is 4. The Morgan fingerprint density at radius 3 is 1.18 bits per heavy atom. The standard InChI is InChI=1S/C44H38O6/c1-26-13-32-21-36-17-30(28-9-5-3-6-10-28)18-37(43(36)49)22-33-14-27(2)16-35(42(33)48)24-39-20-31(29-11-7-4-8-12-29)19-38(23-34(15-26)41(32)47)44(39)50-25-40(45)46/h3-20,47-49H,21-25H2,1-2H3,(H,45,46). The van der Waals surface area contributed by atoms with E-state index in [1.54, 1.807) is 0 Å². The average Bonchev–Trinajstić information content (AvgIpc) is 3.10. The van der Waals surface area contributed by atoms with Gasteiger partial charge in [-0.2, -0.15) is 0 Å². The van der Waals surface area contributed by atoms with Crippen LogP contribution in [-0.4, -0.2) is 33.0 Å². The lowest BCUT2D eigenvalue weighted by atomic mass is 9.87. The van der Waals surface area contributed by atoms with Crippen molar-refractivity contribution < 1.29 is 30.0 Å². The highest BCUT2D eigenvalue weighted by molar-refractivity contribution is 5.72. The van der Waals surface area contributed by atoms with Crippen molar-refractivity contribution in [2.24, 2.45) is 0 Å². The second-order valence-corrected chi connectivity index (χ2v) is 13.3. The molecule has 0 aliphatic heterocycles. The van der Waals surface area contributed by atoms with Crippen LogP contribution in [0.4, 0.5) is 0 Å². The number of phenolic OH excluding ortho intramolecular Hbond substituents is 3. The van der Waals surface area contributed by atoms with Crippen molar-refractivity contribution in [2.75, 3.05) is 6.61 Å². The molecule has 0 amide bonds. The third-order valence-electron chi connectivity index (χ3n) is 9.41. The third kappa shape index (κ3) is 6.65. The van der Waals surface area contributed by atoms with E-state index < -0.39 is 12.6 Å². The van der Waals surface area contributed by atoms with Gasteiger partial charge in [0.15, 0.2) is 6.61 Å². The molecule has 6 nitrogen and oxygen atoms in total. The predicted molar refractivity (Wildman–Crippen MR) is 195 cm³/mol. The van der Waals surface area contributed by atoms with Gasteiger partial charge in [0.25, 0.3) is 0 Å². The molecule has 8 bridgehead atoms. The molecule has 0 unspecified atom stereocenters. The van der Waals surface area contributed by atoms with Gasteiger partial charge in [-0.25, -0.2) is 4.79 Å². The van der Waals surface area contributed by atoms with E-state index in [9.17, 15) is 25.2 Å². The van der Waals surface area contributed by atoms with Gasteiger partial charge in [0.2, 0.25) is 0 Å². The fourth-order valence-electron chi connectivity index (χ4n) is 7.19. The van der Waals surface area contributed by atoms with E-state index >= 15 is 0 Å². The number of aliphatic carboxylic acids is 1. The molecule has 7 rings (SSSR count). The van der Waals surface area contributed by atoms with Gasteiger partial charge in [0.05, 0.1) is 0 Å². The number of phenols is 3. The van der Waals surface area contributed by atoms with Crippen LogP contribution in [0.2, 0.25) is 0 Å². The summed E-state index contributed by atoms with van der Waals surface area (Å²) in [6.45, 7) is 3.40. The molecule has 1 aliphatic carbocycles. The molecular formula is C44H38O6. The summed E-state index contributed by atoms with van der Waals surface area (Å²) in [5, 5.41) is 45.1. The number of aromatic hydroxyl groups is 3. The number of fused-ring (bicyclic) bond motifs is 8. The number of carbonyl (C=O) groups is 1. The van der Waals surface area contributed by atoms with E-state index in [4.69, 9.17) is 4.74 Å². The Balaban J connectivity index is 1.50. The molecule has 0 atom stereocenters. The molecule has 6 aromatic rings. The molecule has 0 fully saturated rings. The Labute approximate surface area is 291 Å². The monoisotopic (exact) mass is 662 g/mol. The van der Waals surface area contributed by atoms with Gasteiger partial charge in [-0.15, -0.1) is 0 Å². The van der Waals surface area contributed by atoms with Crippen LogP contribution in [0.3, 0.4) is 0 Å². The lowest BCUT2D eigenvalue weighted by Gasteiger charge is -2.21. The second kappa shape index (κ2) is 13.5. The molecule has 0 aromatic heterocycles. The number of carboxylic acid groups (broad SMARTS) is 1. The summed E-state index contributed by atoms with van der Waals surface area (Å²) in [5.41, 5.74) is 11.1. The van der Waals surface area contributed by atoms with Gasteiger partial charge in [-0.05, 0) is 105 Å². The maximum absolute atomic E-state index is 11.8. The molecule has 1 aliphatic rings. The molecule has 250 valence electrons. The quantitative estimate of drug-likeness (QED) is 0.147. The van der Waals surface area contributed by atoms with Gasteiger partial charge in [0.1, 0.15) is 23.0 Å². The summed E-state index contributed by atoms with van der Waals surface area (Å²) < 4.78 is 6.06. The first-order valence-electron chi connectivity index (χ1n) is 16.7. The minimum absolute atomic E-state index is 0.114. The van der Waals surface area contributed by atoms with Crippen LogP contribution < -0.4 is 4.74 Å². The van der Waals surface area contributed by atoms with E-state index in [1.165, 1.54) is 0 Å². The SMILES string of the molecule is Cc1cc2c(O)c(c1)Cc1cc(-c3ccccc3)cc(c1OCC(=O)O)Cc1cc(C)cc(c1O)Cc1cc(-c3ccccc3)cc(c1O)C2. The van der Waals surface area contributed by atoms with E-state index in [0.29, 0.717) is 50.3 Å². The van der Waals surface area contributed by atoms with E-state index in [1.807, 2.05) is 123 Å². The largest absolute Gasteiger partial charge is 0.507 e. The molecule has 0 spiro atoms. The number of benzene rings is 6. The molecule has 0 saturated heterocycles. The molecule has 6 heteroatoms. The van der Waals surface area contributed by atoms with Gasteiger partial charge in [-0.1, -0.05) is 96.1 Å². The zero-order chi connectivity index (χ0) is 34.9. The third-order valence-corrected chi connectivity index (χ3v) is 9.41. The summed E-state index contributed by atoms with van der Waals surface area (Å²) in [6, 6.07) is 35.5. The van der Waals surface area contributed by atoms with Crippen LogP contribution >= 0.6 is 0 Å². The number of aryl methyl sites for hydroxylation is 2. The molecule has 4 N–H and O–H groups in total. The summed E-state index contributed by atoms with van der Waals surface area (Å²) >= 11 is 0. The minimum atomic E-state index is -1.10.